The Morgan fingerprint density at radius 1 is 1.17 bits per heavy atom. The lowest BCUT2D eigenvalue weighted by molar-refractivity contribution is 0.0164. The van der Waals surface area contributed by atoms with Gasteiger partial charge in [0.2, 0.25) is 0 Å². The summed E-state index contributed by atoms with van der Waals surface area (Å²) >= 11 is 0. The van der Waals surface area contributed by atoms with E-state index >= 15 is 0 Å². The average molecular weight is 516 g/mol. The summed E-state index contributed by atoms with van der Waals surface area (Å²) in [5, 5.41) is 0. The Kier molecular flexibility index (Phi) is 9.14. The SMILES string of the molecule is Cc1cc(C(CNS(=O)(=O)N(C)C)COC2CCC(c3cccc(F)c3)CC2)c(=O)n(C(F)F)c1. The molecule has 0 aliphatic heterocycles. The van der Waals surface area contributed by atoms with Crippen LogP contribution in [-0.4, -0.2) is 50.6 Å². The van der Waals surface area contributed by atoms with Crippen molar-refractivity contribution in [2.45, 2.75) is 57.1 Å². The number of nitrogens with one attached hydrogen (secondary N) is 1. The Hall–Kier alpha value is -2.21. The van der Waals surface area contributed by atoms with Gasteiger partial charge in [-0.1, -0.05) is 12.1 Å². The van der Waals surface area contributed by atoms with E-state index in [1.54, 1.807) is 19.1 Å². The molecule has 1 aliphatic carbocycles. The van der Waals surface area contributed by atoms with E-state index in [1.165, 1.54) is 26.2 Å². The molecule has 2 aromatic rings. The second-order valence-electron chi connectivity index (χ2n) is 9.16. The highest BCUT2D eigenvalue weighted by Gasteiger charge is 2.27. The van der Waals surface area contributed by atoms with E-state index < -0.39 is 28.2 Å². The van der Waals surface area contributed by atoms with Crippen LogP contribution in [0, 0.1) is 12.7 Å². The van der Waals surface area contributed by atoms with E-state index in [4.69, 9.17) is 4.74 Å². The molecule has 11 heteroatoms. The minimum absolute atomic E-state index is 0.00677. The summed E-state index contributed by atoms with van der Waals surface area (Å²) in [4.78, 5) is 12.8. The van der Waals surface area contributed by atoms with Crippen LogP contribution in [-0.2, 0) is 14.9 Å². The number of rotatable bonds is 10. The Bertz CT molecular complexity index is 1160. The summed E-state index contributed by atoms with van der Waals surface area (Å²) in [5.41, 5.74) is 0.598. The van der Waals surface area contributed by atoms with Crippen molar-refractivity contribution < 1.29 is 26.3 Å². The summed E-state index contributed by atoms with van der Waals surface area (Å²) in [7, 11) is -1.07. The summed E-state index contributed by atoms with van der Waals surface area (Å²) in [6, 6.07) is 8.06. The van der Waals surface area contributed by atoms with Crippen LogP contribution < -0.4 is 10.3 Å². The smallest absolute Gasteiger partial charge is 0.321 e. The number of aryl methyl sites for hydroxylation is 1. The summed E-state index contributed by atoms with van der Waals surface area (Å²) in [6.45, 7) is -1.61. The second kappa shape index (κ2) is 11.7. The first-order chi connectivity index (χ1) is 16.5. The fourth-order valence-electron chi connectivity index (χ4n) is 4.38. The zero-order valence-corrected chi connectivity index (χ0v) is 20.9. The largest absolute Gasteiger partial charge is 0.378 e. The molecule has 7 nitrogen and oxygen atoms in total. The topological polar surface area (TPSA) is 80.6 Å². The number of hydrogen-bond donors (Lipinski definition) is 1. The number of benzene rings is 1. The zero-order valence-electron chi connectivity index (χ0n) is 20.1. The van der Waals surface area contributed by atoms with Gasteiger partial charge in [0.15, 0.2) is 0 Å². The number of hydrogen-bond acceptors (Lipinski definition) is 4. The van der Waals surface area contributed by atoms with Crippen molar-refractivity contribution in [1.82, 2.24) is 13.6 Å². The molecule has 0 spiro atoms. The lowest BCUT2D eigenvalue weighted by atomic mass is 9.82. The van der Waals surface area contributed by atoms with Crippen LogP contribution in [0.4, 0.5) is 13.2 Å². The molecule has 0 amide bonds. The lowest BCUT2D eigenvalue weighted by Crippen LogP contribution is -2.40. The Morgan fingerprint density at radius 2 is 1.86 bits per heavy atom. The maximum atomic E-state index is 13.6. The monoisotopic (exact) mass is 515 g/mol. The molecule has 1 atom stereocenters. The molecule has 1 saturated carbocycles. The second-order valence-corrected chi connectivity index (χ2v) is 11.1. The van der Waals surface area contributed by atoms with E-state index in [1.807, 2.05) is 6.07 Å². The van der Waals surface area contributed by atoms with Gasteiger partial charge in [0.1, 0.15) is 5.82 Å². The number of alkyl halides is 2. The molecule has 0 saturated heterocycles. The minimum Gasteiger partial charge on any atom is -0.378 e. The number of nitrogens with zero attached hydrogens (tertiary/aromatic N) is 2. The first-order valence-corrected chi connectivity index (χ1v) is 13.0. The molecular weight excluding hydrogens is 483 g/mol. The molecular formula is C24H32F3N3O4S. The first-order valence-electron chi connectivity index (χ1n) is 11.5. The first kappa shape index (κ1) is 27.4. The fourth-order valence-corrected chi connectivity index (χ4v) is 5.05. The molecule has 194 valence electrons. The standard InChI is InChI=1S/C24H32F3N3O4S/c1-16-11-22(23(31)30(14-16)24(26)27)19(13-28-35(32,33)29(2)3)15-34-21-9-7-17(8-10-21)18-5-4-6-20(25)12-18/h4-6,11-12,14,17,19,21,24,28H,7-10,13,15H2,1-3H3. The number of ether oxygens (including phenoxy) is 1. The maximum Gasteiger partial charge on any atom is 0.321 e. The van der Waals surface area contributed by atoms with Gasteiger partial charge < -0.3 is 4.74 Å². The van der Waals surface area contributed by atoms with Gasteiger partial charge in [0.05, 0.1) is 12.7 Å². The van der Waals surface area contributed by atoms with Crippen LogP contribution in [0.1, 0.15) is 60.8 Å². The van der Waals surface area contributed by atoms with Crippen molar-refractivity contribution in [2.75, 3.05) is 27.2 Å². The van der Waals surface area contributed by atoms with Crippen molar-refractivity contribution in [1.29, 1.82) is 0 Å². The molecule has 1 aliphatic rings. The molecule has 3 rings (SSSR count). The van der Waals surface area contributed by atoms with Crippen LogP contribution in [0.25, 0.3) is 0 Å². The van der Waals surface area contributed by atoms with Gasteiger partial charge in [0.25, 0.3) is 15.8 Å². The molecule has 0 radical (unpaired) electrons. The molecule has 35 heavy (non-hydrogen) atoms. The van der Waals surface area contributed by atoms with Crippen molar-refractivity contribution in [3.8, 4) is 0 Å². The van der Waals surface area contributed by atoms with Crippen molar-refractivity contribution >= 4 is 10.2 Å². The van der Waals surface area contributed by atoms with E-state index in [0.29, 0.717) is 23.0 Å². The van der Waals surface area contributed by atoms with Crippen molar-refractivity contribution in [2.24, 2.45) is 0 Å². The molecule has 0 bridgehead atoms. The quantitative estimate of drug-likeness (QED) is 0.520. The van der Waals surface area contributed by atoms with Gasteiger partial charge in [-0.05, 0) is 67.9 Å². The molecule has 1 aromatic carbocycles. The highest BCUT2D eigenvalue weighted by Crippen LogP contribution is 2.34. The molecule has 1 heterocycles. The number of halogens is 3. The van der Waals surface area contributed by atoms with E-state index in [0.717, 1.165) is 28.9 Å². The maximum absolute atomic E-state index is 13.6. The summed E-state index contributed by atoms with van der Waals surface area (Å²) in [5.74, 6) is -0.803. The van der Waals surface area contributed by atoms with E-state index in [-0.39, 0.29) is 36.6 Å². The number of aromatic nitrogens is 1. The van der Waals surface area contributed by atoms with Crippen LogP contribution >= 0.6 is 0 Å². The minimum atomic E-state index is -3.80. The third kappa shape index (κ3) is 7.16. The Balaban J connectivity index is 1.73. The average Bonchev–Trinajstić information content (AvgIpc) is 2.80. The van der Waals surface area contributed by atoms with Gasteiger partial charge in [-0.15, -0.1) is 0 Å². The van der Waals surface area contributed by atoms with Gasteiger partial charge in [-0.25, -0.2) is 9.11 Å². The van der Waals surface area contributed by atoms with E-state index in [2.05, 4.69) is 4.72 Å². The zero-order chi connectivity index (χ0) is 25.8. The number of pyridine rings is 1. The molecule has 1 N–H and O–H groups in total. The van der Waals surface area contributed by atoms with E-state index in [9.17, 15) is 26.4 Å². The van der Waals surface area contributed by atoms with Crippen LogP contribution in [0.5, 0.6) is 0 Å². The highest BCUT2D eigenvalue weighted by molar-refractivity contribution is 7.87. The highest BCUT2D eigenvalue weighted by atomic mass is 32.2. The molecule has 1 fully saturated rings. The van der Waals surface area contributed by atoms with Crippen LogP contribution in [0.2, 0.25) is 0 Å². The Morgan fingerprint density at radius 3 is 2.46 bits per heavy atom. The summed E-state index contributed by atoms with van der Waals surface area (Å²) < 4.78 is 74.7. The van der Waals surface area contributed by atoms with Gasteiger partial charge in [-0.2, -0.15) is 21.5 Å². The van der Waals surface area contributed by atoms with Gasteiger partial charge >= 0.3 is 6.55 Å². The van der Waals surface area contributed by atoms with Crippen LogP contribution in [0.15, 0.2) is 41.3 Å². The third-order valence-electron chi connectivity index (χ3n) is 6.38. The molecule has 1 aromatic heterocycles. The van der Waals surface area contributed by atoms with Crippen molar-refractivity contribution in [3.05, 3.63) is 69.4 Å². The molecule has 1 unspecified atom stereocenters. The van der Waals surface area contributed by atoms with Gasteiger partial charge in [0, 0.05) is 38.3 Å². The van der Waals surface area contributed by atoms with Crippen molar-refractivity contribution in [3.63, 3.8) is 0 Å². The normalized spacial score (nSPS) is 19.9. The van der Waals surface area contributed by atoms with Gasteiger partial charge in [-0.3, -0.25) is 9.36 Å². The fraction of sp³-hybridized carbons (Fsp3) is 0.542. The lowest BCUT2D eigenvalue weighted by Gasteiger charge is -2.30. The third-order valence-corrected chi connectivity index (χ3v) is 7.87. The van der Waals surface area contributed by atoms with Crippen LogP contribution in [0.3, 0.4) is 0 Å². The Labute approximate surface area is 204 Å². The predicted molar refractivity (Wildman–Crippen MR) is 127 cm³/mol. The predicted octanol–water partition coefficient (Wildman–Crippen LogP) is 3.91. The summed E-state index contributed by atoms with van der Waals surface area (Å²) in [6.07, 6.45) is 3.98.